The lowest BCUT2D eigenvalue weighted by Gasteiger charge is -2.12. The first-order valence-electron chi connectivity index (χ1n) is 11.2. The van der Waals surface area contributed by atoms with Gasteiger partial charge in [-0.1, -0.05) is 84.0 Å². The van der Waals surface area contributed by atoms with Crippen LogP contribution in [0.15, 0.2) is 121 Å². The van der Waals surface area contributed by atoms with Crippen LogP contribution in [0.4, 0.5) is 0 Å². The van der Waals surface area contributed by atoms with Crippen molar-refractivity contribution in [3.05, 3.63) is 149 Å². The average molecular weight is 511 g/mol. The third kappa shape index (κ3) is 6.63. The van der Waals surface area contributed by atoms with Crippen molar-refractivity contribution < 1.29 is 14.3 Å². The van der Waals surface area contributed by atoms with Crippen molar-refractivity contribution in [3.8, 4) is 5.75 Å². The Morgan fingerprint density at radius 1 is 0.611 bits per heavy atom. The number of rotatable bonds is 9. The molecule has 0 N–H and O–H groups in total. The molecule has 0 atom stereocenters. The van der Waals surface area contributed by atoms with Crippen molar-refractivity contribution >= 4 is 44.7 Å². The van der Waals surface area contributed by atoms with Crippen LogP contribution in [0.25, 0.3) is 9.81 Å². The molecule has 36 heavy (non-hydrogen) atoms. The molecule has 0 aliphatic rings. The Morgan fingerprint density at radius 3 is 1.44 bits per heavy atom. The summed E-state index contributed by atoms with van der Waals surface area (Å²) in [4.78, 5) is 27.8. The van der Waals surface area contributed by atoms with Crippen molar-refractivity contribution in [2.45, 2.75) is 0 Å². The van der Waals surface area contributed by atoms with Crippen LogP contribution in [-0.2, 0) is 0 Å². The largest absolute Gasteiger partial charge is 0.497 e. The van der Waals surface area contributed by atoms with E-state index in [1.807, 2.05) is 60.7 Å². The van der Waals surface area contributed by atoms with E-state index in [2.05, 4.69) is 0 Å². The highest BCUT2D eigenvalue weighted by Gasteiger charge is 2.14. The number of benzene rings is 4. The fraction of sp³-hybridized carbons (Fsp3) is 0.0323. The van der Waals surface area contributed by atoms with E-state index in [9.17, 15) is 9.59 Å². The summed E-state index contributed by atoms with van der Waals surface area (Å²) in [5.41, 5.74) is 2.84. The summed E-state index contributed by atoms with van der Waals surface area (Å²) in [6, 6.07) is 33.1. The molecule has 3 nitrogen and oxygen atoms in total. The zero-order valence-corrected chi connectivity index (χ0v) is 21.1. The van der Waals surface area contributed by atoms with Gasteiger partial charge in [0, 0.05) is 38.1 Å². The Bertz CT molecular complexity index is 1390. The fourth-order valence-corrected chi connectivity index (χ4v) is 4.64. The molecule has 0 aromatic heterocycles. The van der Waals surface area contributed by atoms with E-state index >= 15 is 0 Å². The lowest BCUT2D eigenvalue weighted by atomic mass is 10.1. The number of carbonyl (C=O) groups is 2. The number of hydrogen-bond donors (Lipinski definition) is 0. The predicted octanol–water partition coefficient (Wildman–Crippen LogP) is 8.23. The van der Waals surface area contributed by atoms with Crippen molar-refractivity contribution in [1.29, 1.82) is 0 Å². The maximum Gasteiger partial charge on any atom is 0.186 e. The van der Waals surface area contributed by atoms with Gasteiger partial charge >= 0.3 is 0 Å². The van der Waals surface area contributed by atoms with Crippen LogP contribution in [0.3, 0.4) is 0 Å². The highest BCUT2D eigenvalue weighted by molar-refractivity contribution is 8.16. The maximum absolute atomic E-state index is 13.2. The first-order chi connectivity index (χ1) is 17.5. The normalized spacial score (nSPS) is 11.7. The number of methoxy groups -OCH3 is 1. The second-order valence-electron chi connectivity index (χ2n) is 7.82. The molecule has 0 heterocycles. The summed E-state index contributed by atoms with van der Waals surface area (Å²) in [7, 11) is 1.59. The van der Waals surface area contributed by atoms with Crippen LogP contribution in [0.2, 0.25) is 5.02 Å². The highest BCUT2D eigenvalue weighted by atomic mass is 35.5. The fourth-order valence-electron chi connectivity index (χ4n) is 3.44. The van der Waals surface area contributed by atoms with Crippen molar-refractivity contribution in [2.75, 3.05) is 7.11 Å². The molecule has 0 bridgehead atoms. The maximum atomic E-state index is 13.2. The topological polar surface area (TPSA) is 43.4 Å². The van der Waals surface area contributed by atoms with E-state index in [-0.39, 0.29) is 11.6 Å². The monoisotopic (exact) mass is 510 g/mol. The summed E-state index contributed by atoms with van der Waals surface area (Å²) >= 11 is 7.38. The number of halogens is 1. The van der Waals surface area contributed by atoms with Gasteiger partial charge in [0.2, 0.25) is 0 Å². The molecule has 4 aromatic carbocycles. The molecular formula is C31H23ClO3S. The summed E-state index contributed by atoms with van der Waals surface area (Å²) in [5, 5.41) is 0.569. The smallest absolute Gasteiger partial charge is 0.186 e. The molecule has 0 amide bonds. The Labute approximate surface area is 220 Å². The number of carbonyl (C=O) groups excluding carboxylic acids is 2. The molecule has 0 fully saturated rings. The third-order valence-electron chi connectivity index (χ3n) is 5.36. The van der Waals surface area contributed by atoms with Crippen LogP contribution in [0, 0.1) is 0 Å². The SMILES string of the molecule is COc1ccc(C(=O)/C=C(/S/C(=C\C(=O)c2ccc(Cl)cc2)c2ccccc2)c2ccccc2)cc1. The van der Waals surface area contributed by atoms with Gasteiger partial charge in [0.1, 0.15) is 5.75 Å². The standard InChI is InChI=1S/C31H23ClO3S/c1-35-27-18-14-23(15-19-27)29(34)21-31(25-10-6-3-7-11-25)36-30(24-8-4-2-5-9-24)20-28(33)22-12-16-26(32)17-13-22/h2-21H,1H3/b30-20-,31-21+. The van der Waals surface area contributed by atoms with Gasteiger partial charge in [-0.05, 0) is 59.7 Å². The average Bonchev–Trinajstić information content (AvgIpc) is 2.93. The minimum absolute atomic E-state index is 0.138. The Morgan fingerprint density at radius 2 is 1.03 bits per heavy atom. The van der Waals surface area contributed by atoms with E-state index in [1.165, 1.54) is 11.8 Å². The molecule has 0 spiro atoms. The van der Waals surface area contributed by atoms with Crippen LogP contribution >= 0.6 is 23.4 Å². The van der Waals surface area contributed by atoms with E-state index in [0.29, 0.717) is 21.9 Å². The van der Waals surface area contributed by atoms with Gasteiger partial charge in [-0.2, -0.15) is 0 Å². The van der Waals surface area contributed by atoms with E-state index < -0.39 is 0 Å². The van der Waals surface area contributed by atoms with Crippen LogP contribution in [-0.4, -0.2) is 18.7 Å². The minimum atomic E-state index is -0.146. The first-order valence-corrected chi connectivity index (χ1v) is 12.4. The summed E-state index contributed by atoms with van der Waals surface area (Å²) in [5.74, 6) is 0.399. The molecule has 4 aromatic rings. The van der Waals surface area contributed by atoms with Crippen LogP contribution in [0.1, 0.15) is 31.8 Å². The van der Waals surface area contributed by atoms with Crippen LogP contribution < -0.4 is 4.74 Å². The molecule has 0 saturated heterocycles. The lowest BCUT2D eigenvalue weighted by molar-refractivity contribution is 0.103. The van der Waals surface area contributed by atoms with Gasteiger partial charge < -0.3 is 4.74 Å². The van der Waals surface area contributed by atoms with E-state index in [4.69, 9.17) is 16.3 Å². The van der Waals surface area contributed by atoms with Crippen molar-refractivity contribution in [3.63, 3.8) is 0 Å². The molecule has 0 saturated carbocycles. The summed E-state index contributed by atoms with van der Waals surface area (Å²) < 4.78 is 5.20. The molecule has 0 unspecified atom stereocenters. The predicted molar refractivity (Wildman–Crippen MR) is 150 cm³/mol. The molecular weight excluding hydrogens is 488 g/mol. The zero-order valence-electron chi connectivity index (χ0n) is 19.6. The molecule has 0 aliphatic carbocycles. The molecule has 178 valence electrons. The number of hydrogen-bond acceptors (Lipinski definition) is 4. The van der Waals surface area contributed by atoms with E-state index in [0.717, 1.165) is 20.9 Å². The van der Waals surface area contributed by atoms with Crippen LogP contribution in [0.5, 0.6) is 5.75 Å². The Balaban J connectivity index is 1.74. The van der Waals surface area contributed by atoms with E-state index in [1.54, 1.807) is 67.8 Å². The third-order valence-corrected chi connectivity index (χ3v) is 6.76. The minimum Gasteiger partial charge on any atom is -0.497 e. The van der Waals surface area contributed by atoms with Gasteiger partial charge in [0.15, 0.2) is 11.6 Å². The lowest BCUT2D eigenvalue weighted by Crippen LogP contribution is -1.98. The number of ether oxygens (including phenoxy) is 1. The summed E-state index contributed by atoms with van der Waals surface area (Å²) in [6.45, 7) is 0. The van der Waals surface area contributed by atoms with Gasteiger partial charge in [0.25, 0.3) is 0 Å². The summed E-state index contributed by atoms with van der Waals surface area (Å²) in [6.07, 6.45) is 3.23. The van der Waals surface area contributed by atoms with Gasteiger partial charge in [-0.15, -0.1) is 0 Å². The highest BCUT2D eigenvalue weighted by Crippen LogP contribution is 2.39. The van der Waals surface area contributed by atoms with Crippen molar-refractivity contribution in [2.24, 2.45) is 0 Å². The number of thioether (sulfide) groups is 1. The molecule has 4 rings (SSSR count). The van der Waals surface area contributed by atoms with Crippen molar-refractivity contribution in [1.82, 2.24) is 0 Å². The molecule has 0 aliphatic heterocycles. The first kappa shape index (κ1) is 25.2. The zero-order chi connectivity index (χ0) is 25.3. The number of allylic oxidation sites excluding steroid dienone is 2. The Hall–Kier alpha value is -3.86. The van der Waals surface area contributed by atoms with Gasteiger partial charge in [0.05, 0.1) is 7.11 Å². The second-order valence-corrected chi connectivity index (χ2v) is 9.34. The second kappa shape index (κ2) is 12.2. The molecule has 0 radical (unpaired) electrons. The quantitative estimate of drug-likeness (QED) is 0.168. The van der Waals surface area contributed by atoms with Gasteiger partial charge in [-0.25, -0.2) is 0 Å². The molecule has 5 heteroatoms. The van der Waals surface area contributed by atoms with Gasteiger partial charge in [-0.3, -0.25) is 9.59 Å². The number of ketones is 2. The Kier molecular flexibility index (Phi) is 8.56.